The molecule has 0 aliphatic carbocycles. The molecule has 1 aromatic heterocycles. The molecule has 5 heteroatoms. The van der Waals surface area contributed by atoms with E-state index in [1.54, 1.807) is 12.3 Å². The first-order chi connectivity index (χ1) is 11.1. The van der Waals surface area contributed by atoms with Gasteiger partial charge in [0, 0.05) is 23.9 Å². The predicted octanol–water partition coefficient (Wildman–Crippen LogP) is 2.47. The fourth-order valence-electron chi connectivity index (χ4n) is 2.08. The molecule has 1 amide bonds. The summed E-state index contributed by atoms with van der Waals surface area (Å²) in [5.74, 6) is 0.548. The number of nitrogens with zero attached hydrogens (tertiary/aromatic N) is 1. The maximum atomic E-state index is 12.2. The van der Waals surface area contributed by atoms with E-state index < -0.39 is 0 Å². The number of rotatable bonds is 7. The van der Waals surface area contributed by atoms with Gasteiger partial charge in [0.25, 0.3) is 5.91 Å². The summed E-state index contributed by atoms with van der Waals surface area (Å²) in [5.41, 5.74) is 2.43. The molecule has 1 aromatic carbocycles. The topological polar surface area (TPSA) is 71.5 Å². The number of amides is 1. The highest BCUT2D eigenvalue weighted by molar-refractivity contribution is 5.94. The van der Waals surface area contributed by atoms with Crippen molar-refractivity contribution in [3.05, 3.63) is 59.4 Å². The molecule has 0 radical (unpaired) electrons. The Kier molecular flexibility index (Phi) is 6.11. The summed E-state index contributed by atoms with van der Waals surface area (Å²) in [6.45, 7) is 4.22. The zero-order chi connectivity index (χ0) is 16.7. The van der Waals surface area contributed by atoms with Crippen LogP contribution in [0.15, 0.2) is 42.6 Å². The molecule has 5 nitrogen and oxygen atoms in total. The summed E-state index contributed by atoms with van der Waals surface area (Å²) >= 11 is 0. The molecule has 0 fully saturated rings. The highest BCUT2D eigenvalue weighted by Crippen LogP contribution is 2.13. The van der Waals surface area contributed by atoms with Gasteiger partial charge in [-0.25, -0.2) is 0 Å². The number of aliphatic hydroxyl groups excluding tert-OH is 1. The van der Waals surface area contributed by atoms with Gasteiger partial charge >= 0.3 is 0 Å². The molecule has 2 N–H and O–H groups in total. The molecule has 2 aromatic rings. The molecule has 2 rings (SSSR count). The van der Waals surface area contributed by atoms with Gasteiger partial charge in [0.05, 0.1) is 6.20 Å². The summed E-state index contributed by atoms with van der Waals surface area (Å²) in [6.07, 6.45) is 2.22. The lowest BCUT2D eigenvalue weighted by Crippen LogP contribution is -2.33. The molecular weight excluding hydrogens is 292 g/mol. The van der Waals surface area contributed by atoms with Gasteiger partial charge in [0.15, 0.2) is 0 Å². The molecule has 1 heterocycles. The second-order valence-corrected chi connectivity index (χ2v) is 5.51. The number of aromatic nitrogens is 1. The number of carbonyl (C=O) groups excluding carboxylic acids is 1. The summed E-state index contributed by atoms with van der Waals surface area (Å²) in [6, 6.07) is 11.0. The first kappa shape index (κ1) is 17.0. The molecule has 0 aliphatic rings. The highest BCUT2D eigenvalue weighted by Gasteiger charge is 2.10. The Bertz CT molecular complexity index is 641. The number of hydrogen-bond donors (Lipinski definition) is 2. The van der Waals surface area contributed by atoms with Crippen LogP contribution in [0.4, 0.5) is 0 Å². The van der Waals surface area contributed by atoms with Crippen molar-refractivity contribution in [3.8, 4) is 5.75 Å². The Morgan fingerprint density at radius 2 is 2.17 bits per heavy atom. The minimum Gasteiger partial charge on any atom is -0.487 e. The third-order valence-electron chi connectivity index (χ3n) is 3.42. The van der Waals surface area contributed by atoms with Gasteiger partial charge < -0.3 is 15.2 Å². The Balaban J connectivity index is 1.96. The van der Waals surface area contributed by atoms with E-state index in [9.17, 15) is 4.79 Å². The quantitative estimate of drug-likeness (QED) is 0.823. The maximum Gasteiger partial charge on any atom is 0.251 e. The largest absolute Gasteiger partial charge is 0.487 e. The van der Waals surface area contributed by atoms with Crippen LogP contribution in [0.1, 0.15) is 35.0 Å². The molecular formula is C18H22N2O3. The number of nitrogens with one attached hydrogen (secondary N) is 1. The Morgan fingerprint density at radius 3 is 2.87 bits per heavy atom. The average molecular weight is 314 g/mol. The molecule has 0 unspecified atom stereocenters. The van der Waals surface area contributed by atoms with E-state index in [-0.39, 0.29) is 18.6 Å². The molecule has 0 saturated heterocycles. The van der Waals surface area contributed by atoms with Gasteiger partial charge in [-0.05, 0) is 50.1 Å². The minimum atomic E-state index is -0.148. The number of hydrogen-bond acceptors (Lipinski definition) is 4. The second kappa shape index (κ2) is 8.29. The normalized spacial score (nSPS) is 11.8. The summed E-state index contributed by atoms with van der Waals surface area (Å²) in [4.78, 5) is 16.3. The summed E-state index contributed by atoms with van der Waals surface area (Å²) < 4.78 is 5.67. The van der Waals surface area contributed by atoms with Crippen molar-refractivity contribution in [1.82, 2.24) is 10.3 Å². The molecule has 0 bridgehead atoms. The van der Waals surface area contributed by atoms with Gasteiger partial charge in [-0.2, -0.15) is 0 Å². The van der Waals surface area contributed by atoms with Crippen LogP contribution in [-0.2, 0) is 6.61 Å². The van der Waals surface area contributed by atoms with Crippen molar-refractivity contribution in [3.63, 3.8) is 0 Å². The van der Waals surface area contributed by atoms with Gasteiger partial charge in [0.1, 0.15) is 12.4 Å². The van der Waals surface area contributed by atoms with E-state index in [0.717, 1.165) is 11.3 Å². The lowest BCUT2D eigenvalue weighted by Gasteiger charge is -2.13. The van der Waals surface area contributed by atoms with Crippen molar-refractivity contribution in [2.75, 3.05) is 6.61 Å². The van der Waals surface area contributed by atoms with Crippen molar-refractivity contribution in [1.29, 1.82) is 0 Å². The van der Waals surface area contributed by atoms with E-state index in [1.165, 1.54) is 0 Å². The molecule has 0 saturated carbocycles. The van der Waals surface area contributed by atoms with Crippen LogP contribution in [-0.4, -0.2) is 28.6 Å². The zero-order valence-electron chi connectivity index (χ0n) is 13.5. The lowest BCUT2D eigenvalue weighted by atomic mass is 10.1. The molecule has 23 heavy (non-hydrogen) atoms. The van der Waals surface area contributed by atoms with E-state index in [0.29, 0.717) is 24.3 Å². The first-order valence-electron chi connectivity index (χ1n) is 7.64. The number of aliphatic hydroxyl groups is 1. The van der Waals surface area contributed by atoms with Crippen LogP contribution in [0.25, 0.3) is 0 Å². The number of aryl methyl sites for hydroxylation is 1. The van der Waals surface area contributed by atoms with E-state index in [4.69, 9.17) is 9.84 Å². The number of benzene rings is 1. The smallest absolute Gasteiger partial charge is 0.251 e. The highest BCUT2D eigenvalue weighted by atomic mass is 16.5. The number of pyridine rings is 1. The van der Waals surface area contributed by atoms with Crippen LogP contribution in [0.5, 0.6) is 5.75 Å². The van der Waals surface area contributed by atoms with E-state index in [1.807, 2.05) is 44.2 Å². The standard InChI is InChI=1S/C18H22N2O3/c1-13-6-7-17(11-19-13)23-12-15-4-3-5-16(10-15)18(22)20-14(2)8-9-21/h3-7,10-11,14,21H,8-9,12H2,1-2H3,(H,20,22)/t14-/m1/s1. The van der Waals surface area contributed by atoms with E-state index in [2.05, 4.69) is 10.3 Å². The fraction of sp³-hybridized carbons (Fsp3) is 0.333. The molecule has 122 valence electrons. The fourth-order valence-corrected chi connectivity index (χ4v) is 2.08. The van der Waals surface area contributed by atoms with E-state index >= 15 is 0 Å². The van der Waals surface area contributed by atoms with Crippen molar-refractivity contribution in [2.45, 2.75) is 32.9 Å². The van der Waals surface area contributed by atoms with Crippen LogP contribution >= 0.6 is 0 Å². The summed E-state index contributed by atoms with van der Waals surface area (Å²) in [7, 11) is 0. The minimum absolute atomic E-state index is 0.0555. The third-order valence-corrected chi connectivity index (χ3v) is 3.42. The monoisotopic (exact) mass is 314 g/mol. The van der Waals surface area contributed by atoms with Crippen LogP contribution in [0.3, 0.4) is 0 Å². The molecule has 0 spiro atoms. The van der Waals surface area contributed by atoms with Crippen molar-refractivity contribution >= 4 is 5.91 Å². The first-order valence-corrected chi connectivity index (χ1v) is 7.64. The van der Waals surface area contributed by atoms with Gasteiger partial charge in [0.2, 0.25) is 0 Å². The molecule has 1 atom stereocenters. The average Bonchev–Trinajstić information content (AvgIpc) is 2.55. The SMILES string of the molecule is Cc1ccc(OCc2cccc(C(=O)N[C@H](C)CCO)c2)cn1. The Labute approximate surface area is 136 Å². The third kappa shape index (κ3) is 5.38. The van der Waals surface area contributed by atoms with Gasteiger partial charge in [-0.3, -0.25) is 9.78 Å². The Hall–Kier alpha value is -2.40. The summed E-state index contributed by atoms with van der Waals surface area (Å²) in [5, 5.41) is 11.7. The zero-order valence-corrected chi connectivity index (χ0v) is 13.5. The maximum absolute atomic E-state index is 12.2. The van der Waals surface area contributed by atoms with Crippen LogP contribution in [0, 0.1) is 6.92 Å². The lowest BCUT2D eigenvalue weighted by molar-refractivity contribution is 0.0934. The predicted molar refractivity (Wildman–Crippen MR) is 88.4 cm³/mol. The van der Waals surface area contributed by atoms with Crippen LogP contribution < -0.4 is 10.1 Å². The van der Waals surface area contributed by atoms with Gasteiger partial charge in [-0.15, -0.1) is 0 Å². The van der Waals surface area contributed by atoms with Gasteiger partial charge in [-0.1, -0.05) is 12.1 Å². The van der Waals surface area contributed by atoms with Crippen molar-refractivity contribution < 1.29 is 14.6 Å². The Morgan fingerprint density at radius 1 is 1.35 bits per heavy atom. The van der Waals surface area contributed by atoms with Crippen LogP contribution in [0.2, 0.25) is 0 Å². The second-order valence-electron chi connectivity index (χ2n) is 5.51. The molecule has 0 aliphatic heterocycles. The number of carbonyl (C=O) groups is 1. The van der Waals surface area contributed by atoms with Crippen molar-refractivity contribution in [2.24, 2.45) is 0 Å². The number of ether oxygens (including phenoxy) is 1.